The van der Waals surface area contributed by atoms with E-state index in [1.54, 1.807) is 24.3 Å². The first kappa shape index (κ1) is 25.6. The number of ketones is 1. The summed E-state index contributed by atoms with van der Waals surface area (Å²) in [7, 11) is 5.86. The molecule has 1 heterocycles. The minimum atomic E-state index is -0.637. The summed E-state index contributed by atoms with van der Waals surface area (Å²) in [5.74, 6) is -0.915. The van der Waals surface area contributed by atoms with E-state index in [9.17, 15) is 9.59 Å². The zero-order valence-electron chi connectivity index (χ0n) is 22.0. The highest BCUT2D eigenvalue weighted by atomic mass is 16.5. The predicted molar refractivity (Wildman–Crippen MR) is 154 cm³/mol. The van der Waals surface area contributed by atoms with Gasteiger partial charge < -0.3 is 14.2 Å². The fourth-order valence-corrected chi connectivity index (χ4v) is 4.55. The molecule has 0 atom stereocenters. The summed E-state index contributed by atoms with van der Waals surface area (Å²) < 4.78 is 7.52. The van der Waals surface area contributed by atoms with Crippen molar-refractivity contribution in [1.82, 2.24) is 4.57 Å². The Morgan fingerprint density at radius 2 is 1.46 bits per heavy atom. The minimum absolute atomic E-state index is 0.236. The summed E-state index contributed by atoms with van der Waals surface area (Å²) in [6.07, 6.45) is 0. The fourth-order valence-electron chi connectivity index (χ4n) is 4.55. The van der Waals surface area contributed by atoms with E-state index in [1.165, 1.54) is 0 Å². The van der Waals surface area contributed by atoms with Crippen molar-refractivity contribution >= 4 is 39.7 Å². The van der Waals surface area contributed by atoms with Crippen LogP contribution < -0.4 is 4.90 Å². The van der Waals surface area contributed by atoms with Gasteiger partial charge in [-0.2, -0.15) is 5.11 Å². The first-order chi connectivity index (χ1) is 18.9. The first-order valence-electron chi connectivity index (χ1n) is 12.6. The molecule has 0 radical (unpaired) electrons. The third-order valence-corrected chi connectivity index (χ3v) is 6.53. The summed E-state index contributed by atoms with van der Waals surface area (Å²) in [6, 6.07) is 31.8. The number of ether oxygens (including phenoxy) is 1. The maximum atomic E-state index is 13.5. The summed E-state index contributed by atoms with van der Waals surface area (Å²) in [5, 5.41) is 9.37. The maximum absolute atomic E-state index is 13.5. The Bertz CT molecular complexity index is 1670. The number of benzene rings is 4. The van der Waals surface area contributed by atoms with Crippen molar-refractivity contribution < 1.29 is 14.3 Å². The van der Waals surface area contributed by atoms with Crippen LogP contribution in [0.5, 0.6) is 0 Å². The average Bonchev–Trinajstić information content (AvgIpc) is 3.27. The molecule has 39 heavy (non-hydrogen) atoms. The first-order valence-corrected chi connectivity index (χ1v) is 12.6. The molecule has 5 aromatic rings. The summed E-state index contributed by atoms with van der Waals surface area (Å²) in [6.45, 7) is -0.399. The SMILES string of the molecule is CN(C)c1ccc(N=Nc2ccccc2C(=O)OCC(=O)c2c(-c3ccccc3)n(C)c3ccccc23)cc1. The Morgan fingerprint density at radius 1 is 0.795 bits per heavy atom. The number of carbonyl (C=O) groups excluding carboxylic acids is 2. The van der Waals surface area contributed by atoms with Crippen LogP contribution in [0.15, 0.2) is 113 Å². The van der Waals surface area contributed by atoms with Gasteiger partial charge in [0.1, 0.15) is 5.69 Å². The number of azo groups is 1. The van der Waals surface area contributed by atoms with Crippen molar-refractivity contribution in [3.63, 3.8) is 0 Å². The van der Waals surface area contributed by atoms with E-state index in [2.05, 4.69) is 10.2 Å². The average molecular weight is 517 g/mol. The zero-order chi connectivity index (χ0) is 27.4. The molecule has 5 rings (SSSR count). The maximum Gasteiger partial charge on any atom is 0.340 e. The van der Waals surface area contributed by atoms with Crippen LogP contribution in [0, 0.1) is 0 Å². The third-order valence-electron chi connectivity index (χ3n) is 6.53. The van der Waals surface area contributed by atoms with Gasteiger partial charge in [-0.25, -0.2) is 4.79 Å². The van der Waals surface area contributed by atoms with Crippen LogP contribution in [0.1, 0.15) is 20.7 Å². The zero-order valence-corrected chi connectivity index (χ0v) is 22.0. The highest BCUT2D eigenvalue weighted by Gasteiger charge is 2.23. The van der Waals surface area contributed by atoms with Crippen LogP contribution in [-0.2, 0) is 11.8 Å². The number of hydrogen-bond acceptors (Lipinski definition) is 6. The normalized spacial score (nSPS) is 11.2. The summed E-state index contributed by atoms with van der Waals surface area (Å²) in [5.41, 5.74) is 5.45. The predicted octanol–water partition coefficient (Wildman–Crippen LogP) is 7.37. The van der Waals surface area contributed by atoms with Gasteiger partial charge in [-0.15, -0.1) is 5.11 Å². The third kappa shape index (κ3) is 5.33. The number of aromatic nitrogens is 1. The van der Waals surface area contributed by atoms with E-state index in [1.807, 2.05) is 109 Å². The molecule has 0 fully saturated rings. The van der Waals surface area contributed by atoms with Gasteiger partial charge >= 0.3 is 5.97 Å². The van der Waals surface area contributed by atoms with E-state index in [4.69, 9.17) is 4.74 Å². The number of anilines is 1. The number of para-hydroxylation sites is 1. The second-order valence-corrected chi connectivity index (χ2v) is 9.29. The fraction of sp³-hybridized carbons (Fsp3) is 0.125. The molecule has 7 nitrogen and oxygen atoms in total. The van der Waals surface area contributed by atoms with E-state index in [-0.39, 0.29) is 11.3 Å². The Kier molecular flexibility index (Phi) is 7.32. The molecule has 0 aliphatic heterocycles. The molecule has 0 saturated carbocycles. The van der Waals surface area contributed by atoms with Gasteiger partial charge in [0.05, 0.1) is 22.5 Å². The molecular weight excluding hydrogens is 488 g/mol. The number of hydrogen-bond donors (Lipinski definition) is 0. The molecule has 0 saturated heterocycles. The minimum Gasteiger partial charge on any atom is -0.454 e. The van der Waals surface area contributed by atoms with E-state index in [0.29, 0.717) is 16.9 Å². The van der Waals surface area contributed by atoms with Gasteiger partial charge in [-0.05, 0) is 48.0 Å². The van der Waals surface area contributed by atoms with Crippen molar-refractivity contribution in [1.29, 1.82) is 0 Å². The van der Waals surface area contributed by atoms with E-state index in [0.717, 1.165) is 27.8 Å². The Labute approximate surface area is 227 Å². The van der Waals surface area contributed by atoms with Gasteiger partial charge in [0.2, 0.25) is 5.78 Å². The molecule has 0 aliphatic rings. The smallest absolute Gasteiger partial charge is 0.340 e. The lowest BCUT2D eigenvalue weighted by Gasteiger charge is -2.11. The molecule has 0 spiro atoms. The number of aryl methyl sites for hydroxylation is 1. The van der Waals surface area contributed by atoms with Crippen LogP contribution in [0.25, 0.3) is 22.2 Å². The number of rotatable bonds is 8. The molecule has 0 N–H and O–H groups in total. The lowest BCUT2D eigenvalue weighted by Crippen LogP contribution is -2.15. The lowest BCUT2D eigenvalue weighted by molar-refractivity contribution is 0.0476. The molecule has 0 amide bonds. The Balaban J connectivity index is 1.38. The largest absolute Gasteiger partial charge is 0.454 e. The van der Waals surface area contributed by atoms with E-state index >= 15 is 0 Å². The summed E-state index contributed by atoms with van der Waals surface area (Å²) >= 11 is 0. The second kappa shape index (κ2) is 11.1. The molecule has 0 unspecified atom stereocenters. The van der Waals surface area contributed by atoms with Crippen molar-refractivity contribution in [3.8, 4) is 11.3 Å². The van der Waals surface area contributed by atoms with Crippen molar-refractivity contribution in [3.05, 3.63) is 114 Å². The van der Waals surface area contributed by atoms with Crippen molar-refractivity contribution in [2.24, 2.45) is 17.3 Å². The second-order valence-electron chi connectivity index (χ2n) is 9.29. The standard InChI is InChI=1S/C32H28N4O3/c1-35(2)24-19-17-23(18-20-24)33-34-27-15-9-7-13-25(27)32(38)39-21-29(37)30-26-14-8-10-16-28(26)36(3)31(30)22-11-5-4-6-12-22/h4-20H,21H2,1-3H3. The van der Waals surface area contributed by atoms with Gasteiger partial charge in [-0.1, -0.05) is 60.7 Å². The number of carbonyl (C=O) groups is 2. The number of Topliss-reactive ketones (excluding diaryl/α,β-unsaturated/α-hetero) is 1. The molecule has 194 valence electrons. The molecule has 7 heteroatoms. The lowest BCUT2D eigenvalue weighted by atomic mass is 10.0. The van der Waals surface area contributed by atoms with Crippen molar-refractivity contribution in [2.75, 3.05) is 25.6 Å². The molecule has 0 aliphatic carbocycles. The van der Waals surface area contributed by atoms with Crippen LogP contribution in [0.4, 0.5) is 17.1 Å². The van der Waals surface area contributed by atoms with Gasteiger partial charge in [-0.3, -0.25) is 4.79 Å². The summed E-state index contributed by atoms with van der Waals surface area (Å²) in [4.78, 5) is 28.6. The van der Waals surface area contributed by atoms with Crippen molar-refractivity contribution in [2.45, 2.75) is 0 Å². The number of esters is 1. The van der Waals surface area contributed by atoms with Crippen LogP contribution >= 0.6 is 0 Å². The number of nitrogens with zero attached hydrogens (tertiary/aromatic N) is 4. The topological polar surface area (TPSA) is 76.3 Å². The molecule has 4 aromatic carbocycles. The highest BCUT2D eigenvalue weighted by Crippen LogP contribution is 2.33. The Hall–Kier alpha value is -5.04. The monoisotopic (exact) mass is 516 g/mol. The van der Waals surface area contributed by atoms with Gasteiger partial charge in [0, 0.05) is 37.7 Å². The highest BCUT2D eigenvalue weighted by molar-refractivity contribution is 6.14. The molecular formula is C32H28N4O3. The van der Waals surface area contributed by atoms with Gasteiger partial charge in [0.25, 0.3) is 0 Å². The molecule has 0 bridgehead atoms. The van der Waals surface area contributed by atoms with Gasteiger partial charge in [0.15, 0.2) is 6.61 Å². The van der Waals surface area contributed by atoms with Crippen LogP contribution in [0.3, 0.4) is 0 Å². The van der Waals surface area contributed by atoms with Crippen LogP contribution in [-0.4, -0.2) is 37.0 Å². The Morgan fingerprint density at radius 3 is 2.21 bits per heavy atom. The molecule has 1 aromatic heterocycles. The number of fused-ring (bicyclic) bond motifs is 1. The van der Waals surface area contributed by atoms with E-state index < -0.39 is 12.6 Å². The quantitative estimate of drug-likeness (QED) is 0.123. The van der Waals surface area contributed by atoms with Crippen LogP contribution in [0.2, 0.25) is 0 Å².